The molecule has 2 N–H and O–H groups in total. The number of hydrogen-bond donors (Lipinski definition) is 2. The minimum Gasteiger partial charge on any atom is -0.358 e. The highest BCUT2D eigenvalue weighted by Gasteiger charge is 2.17. The molecule has 0 aromatic rings. The maximum absolute atomic E-state index is 10.7. The molecule has 3 nitrogen and oxygen atoms in total. The topological polar surface area (TPSA) is 41.1 Å². The monoisotopic (exact) mass is 160 g/mol. The van der Waals surface area contributed by atoms with Crippen molar-refractivity contribution in [1.29, 1.82) is 0 Å². The summed E-state index contributed by atoms with van der Waals surface area (Å²) in [5, 5.41) is 5.70. The Hall–Kier alpha value is -0.220. The minimum absolute atomic E-state index is 0.0666. The van der Waals surface area contributed by atoms with Crippen molar-refractivity contribution in [3.8, 4) is 0 Å². The number of carbonyl (C=O) groups is 1. The normalized spacial score (nSPS) is 18.1. The largest absolute Gasteiger partial charge is 0.358 e. The van der Waals surface area contributed by atoms with E-state index >= 15 is 0 Å². The van der Waals surface area contributed by atoms with Crippen LogP contribution < -0.4 is 10.6 Å². The van der Waals surface area contributed by atoms with Gasteiger partial charge in [-0.15, -0.1) is 0 Å². The minimum atomic E-state index is 0.0666. The molecule has 0 aliphatic carbocycles. The van der Waals surface area contributed by atoms with E-state index in [-0.39, 0.29) is 5.91 Å². The highest BCUT2D eigenvalue weighted by atomic mass is 32.2. The van der Waals surface area contributed by atoms with Gasteiger partial charge in [0.25, 0.3) is 0 Å². The number of rotatable bonds is 3. The summed E-state index contributed by atoms with van der Waals surface area (Å²) in [6.45, 7) is 0.460. The lowest BCUT2D eigenvalue weighted by molar-refractivity contribution is -0.119. The molecule has 10 heavy (non-hydrogen) atoms. The summed E-state index contributed by atoms with van der Waals surface area (Å²) in [6, 6.07) is 0.572. The van der Waals surface area contributed by atoms with Crippen molar-refractivity contribution in [3.63, 3.8) is 0 Å². The molecule has 1 rings (SSSR count). The first kappa shape index (κ1) is 7.88. The zero-order chi connectivity index (χ0) is 7.40. The first-order valence-corrected chi connectivity index (χ1v) is 4.50. The summed E-state index contributed by atoms with van der Waals surface area (Å²) in [7, 11) is 1.65. The van der Waals surface area contributed by atoms with Crippen molar-refractivity contribution in [2.75, 3.05) is 25.1 Å². The van der Waals surface area contributed by atoms with E-state index in [1.807, 2.05) is 11.8 Å². The smallest absolute Gasteiger partial charge is 0.233 e. The van der Waals surface area contributed by atoms with Gasteiger partial charge in [0.2, 0.25) is 5.91 Å². The van der Waals surface area contributed by atoms with Crippen molar-refractivity contribution in [3.05, 3.63) is 0 Å². The average molecular weight is 160 g/mol. The van der Waals surface area contributed by atoms with Crippen molar-refractivity contribution in [2.45, 2.75) is 6.04 Å². The van der Waals surface area contributed by atoms with Crippen molar-refractivity contribution in [1.82, 2.24) is 10.6 Å². The molecule has 0 atom stereocenters. The van der Waals surface area contributed by atoms with Gasteiger partial charge in [-0.25, -0.2) is 0 Å². The third-order valence-corrected chi connectivity index (χ3v) is 2.74. The molecule has 0 spiro atoms. The van der Waals surface area contributed by atoms with Gasteiger partial charge in [0.1, 0.15) is 0 Å². The van der Waals surface area contributed by atoms with E-state index in [0.29, 0.717) is 12.6 Å². The molecule has 0 aromatic carbocycles. The van der Waals surface area contributed by atoms with Gasteiger partial charge in [0.05, 0.1) is 6.54 Å². The second-order valence-corrected chi connectivity index (χ2v) is 3.36. The second kappa shape index (κ2) is 3.83. The third-order valence-electron chi connectivity index (χ3n) is 1.47. The number of nitrogens with one attached hydrogen (secondary N) is 2. The van der Waals surface area contributed by atoms with Gasteiger partial charge in [-0.3, -0.25) is 4.79 Å². The molecule has 1 aliphatic rings. The summed E-state index contributed by atoms with van der Waals surface area (Å²) in [6.07, 6.45) is 0. The average Bonchev–Trinajstić information content (AvgIpc) is 1.84. The predicted molar refractivity (Wildman–Crippen MR) is 43.2 cm³/mol. The molecular formula is C6H12N2OS. The van der Waals surface area contributed by atoms with E-state index in [1.165, 1.54) is 0 Å². The van der Waals surface area contributed by atoms with Crippen LogP contribution in [0, 0.1) is 0 Å². The molecule has 1 amide bonds. The van der Waals surface area contributed by atoms with E-state index in [1.54, 1.807) is 7.05 Å². The zero-order valence-electron chi connectivity index (χ0n) is 6.02. The van der Waals surface area contributed by atoms with Crippen LogP contribution in [-0.4, -0.2) is 37.0 Å². The van der Waals surface area contributed by atoms with Crippen LogP contribution in [0.3, 0.4) is 0 Å². The molecule has 1 heterocycles. The maximum atomic E-state index is 10.7. The van der Waals surface area contributed by atoms with Gasteiger partial charge in [-0.1, -0.05) is 0 Å². The summed E-state index contributed by atoms with van der Waals surface area (Å²) in [4.78, 5) is 10.7. The summed E-state index contributed by atoms with van der Waals surface area (Å²) in [5.74, 6) is 2.37. The fourth-order valence-corrected chi connectivity index (χ4v) is 1.39. The number of thioether (sulfide) groups is 1. The van der Waals surface area contributed by atoms with E-state index in [4.69, 9.17) is 0 Å². The number of amides is 1. The highest BCUT2D eigenvalue weighted by Crippen LogP contribution is 2.16. The first-order chi connectivity index (χ1) is 4.83. The molecule has 0 unspecified atom stereocenters. The molecule has 1 saturated heterocycles. The van der Waals surface area contributed by atoms with E-state index in [0.717, 1.165) is 11.5 Å². The Morgan fingerprint density at radius 2 is 2.40 bits per heavy atom. The molecule has 0 aromatic heterocycles. The Labute approximate surface area is 64.9 Å². The molecular weight excluding hydrogens is 148 g/mol. The SMILES string of the molecule is CNC(=O)CNC1CSC1. The van der Waals surface area contributed by atoms with Crippen molar-refractivity contribution >= 4 is 17.7 Å². The Bertz CT molecular complexity index is 125. The predicted octanol–water partition coefficient (Wildman–Crippen LogP) is -0.563. The van der Waals surface area contributed by atoms with E-state index < -0.39 is 0 Å². The number of carbonyl (C=O) groups excluding carboxylic acids is 1. The third kappa shape index (κ3) is 2.19. The molecule has 1 fully saturated rings. The number of hydrogen-bond acceptors (Lipinski definition) is 3. The summed E-state index contributed by atoms with van der Waals surface area (Å²) in [5.41, 5.74) is 0. The van der Waals surface area contributed by atoms with Crippen molar-refractivity contribution < 1.29 is 4.79 Å². The van der Waals surface area contributed by atoms with Gasteiger partial charge in [-0.05, 0) is 0 Å². The van der Waals surface area contributed by atoms with Gasteiger partial charge in [0.15, 0.2) is 0 Å². The molecule has 0 bridgehead atoms. The first-order valence-electron chi connectivity index (χ1n) is 3.34. The molecule has 0 radical (unpaired) electrons. The zero-order valence-corrected chi connectivity index (χ0v) is 6.83. The van der Waals surface area contributed by atoms with Crippen LogP contribution in [-0.2, 0) is 4.79 Å². The van der Waals surface area contributed by atoms with Crippen LogP contribution in [0.25, 0.3) is 0 Å². The maximum Gasteiger partial charge on any atom is 0.233 e. The van der Waals surface area contributed by atoms with Gasteiger partial charge < -0.3 is 10.6 Å². The van der Waals surface area contributed by atoms with Crippen LogP contribution in [0.4, 0.5) is 0 Å². The lowest BCUT2D eigenvalue weighted by Gasteiger charge is -2.25. The fourth-order valence-electron chi connectivity index (χ4n) is 0.679. The standard InChI is InChI=1S/C6H12N2OS/c1-7-6(9)2-8-5-3-10-4-5/h5,8H,2-4H2,1H3,(H,7,9). The van der Waals surface area contributed by atoms with Crippen LogP contribution in [0.1, 0.15) is 0 Å². The Kier molecular flexibility index (Phi) is 3.02. The highest BCUT2D eigenvalue weighted by molar-refractivity contribution is 8.00. The quantitative estimate of drug-likeness (QED) is 0.581. The second-order valence-electron chi connectivity index (χ2n) is 2.29. The number of likely N-dealkylation sites (N-methyl/N-ethyl adjacent to an activating group) is 1. The summed E-state index contributed by atoms with van der Waals surface area (Å²) >= 11 is 1.91. The molecule has 0 saturated carbocycles. The van der Waals surface area contributed by atoms with E-state index in [9.17, 15) is 4.79 Å². The summed E-state index contributed by atoms with van der Waals surface area (Å²) < 4.78 is 0. The Balaban J connectivity index is 1.98. The Morgan fingerprint density at radius 3 is 2.80 bits per heavy atom. The fraction of sp³-hybridized carbons (Fsp3) is 0.833. The molecule has 58 valence electrons. The molecule has 1 aliphatic heterocycles. The van der Waals surface area contributed by atoms with E-state index in [2.05, 4.69) is 10.6 Å². The van der Waals surface area contributed by atoms with Crippen molar-refractivity contribution in [2.24, 2.45) is 0 Å². The van der Waals surface area contributed by atoms with Gasteiger partial charge in [0, 0.05) is 24.6 Å². The van der Waals surface area contributed by atoms with Crippen LogP contribution in [0.15, 0.2) is 0 Å². The van der Waals surface area contributed by atoms with Gasteiger partial charge >= 0.3 is 0 Å². The van der Waals surface area contributed by atoms with Gasteiger partial charge in [-0.2, -0.15) is 11.8 Å². The van der Waals surface area contributed by atoms with Crippen LogP contribution in [0.5, 0.6) is 0 Å². The Morgan fingerprint density at radius 1 is 1.70 bits per heavy atom. The molecule has 4 heteroatoms. The lowest BCUT2D eigenvalue weighted by Crippen LogP contribution is -2.44. The lowest BCUT2D eigenvalue weighted by atomic mass is 10.3. The van der Waals surface area contributed by atoms with Crippen LogP contribution in [0.2, 0.25) is 0 Å². The van der Waals surface area contributed by atoms with Crippen LogP contribution >= 0.6 is 11.8 Å².